The second-order valence-corrected chi connectivity index (χ2v) is 4.27. The third kappa shape index (κ3) is 1.68. The second-order valence-electron chi connectivity index (χ2n) is 3.88. The zero-order chi connectivity index (χ0) is 11.8. The van der Waals surface area contributed by atoms with Gasteiger partial charge in [-0.15, -0.1) is 0 Å². The lowest BCUT2D eigenvalue weighted by atomic mass is 10.1. The number of halogens is 1. The van der Waals surface area contributed by atoms with Crippen molar-refractivity contribution in [1.82, 2.24) is 14.6 Å². The van der Waals surface area contributed by atoms with Gasteiger partial charge in [-0.05, 0) is 12.5 Å². The number of hydrogen-bond acceptors (Lipinski definition) is 2. The Hall–Kier alpha value is -1.87. The number of aryl methyl sites for hydroxylation is 1. The molecule has 2 aromatic heterocycles. The van der Waals surface area contributed by atoms with Gasteiger partial charge < -0.3 is 0 Å². The molecule has 0 unspecified atom stereocenters. The first-order valence-electron chi connectivity index (χ1n) is 5.32. The molecular formula is C13H10ClN3. The summed E-state index contributed by atoms with van der Waals surface area (Å²) in [6.45, 7) is 2.06. The highest BCUT2D eigenvalue weighted by Gasteiger charge is 2.07. The fourth-order valence-corrected chi connectivity index (χ4v) is 2.11. The van der Waals surface area contributed by atoms with Crippen molar-refractivity contribution in [1.29, 1.82) is 0 Å². The van der Waals surface area contributed by atoms with Gasteiger partial charge in [0.2, 0.25) is 0 Å². The van der Waals surface area contributed by atoms with Gasteiger partial charge in [-0.3, -0.25) is 0 Å². The minimum atomic E-state index is 0.568. The third-order valence-electron chi connectivity index (χ3n) is 2.74. The molecule has 2 heterocycles. The summed E-state index contributed by atoms with van der Waals surface area (Å²) in [6.07, 6.45) is 1.69. The highest BCUT2D eigenvalue weighted by Crippen LogP contribution is 2.24. The number of fused-ring (bicyclic) bond motifs is 1. The maximum Gasteiger partial charge on any atom is 0.157 e. The average Bonchev–Trinajstić information content (AvgIpc) is 2.78. The molecule has 0 atom stereocenters. The van der Waals surface area contributed by atoms with E-state index >= 15 is 0 Å². The lowest BCUT2D eigenvalue weighted by Gasteiger charge is -2.06. The van der Waals surface area contributed by atoms with E-state index in [0.29, 0.717) is 5.15 Å². The summed E-state index contributed by atoms with van der Waals surface area (Å²) in [6, 6.07) is 11.8. The molecule has 0 saturated carbocycles. The number of rotatable bonds is 1. The van der Waals surface area contributed by atoms with Crippen LogP contribution in [0, 0.1) is 6.92 Å². The van der Waals surface area contributed by atoms with Gasteiger partial charge in [-0.2, -0.15) is 5.10 Å². The first-order chi connectivity index (χ1) is 8.25. The summed E-state index contributed by atoms with van der Waals surface area (Å²) < 4.78 is 1.61. The normalized spacial score (nSPS) is 10.9. The summed E-state index contributed by atoms with van der Waals surface area (Å²) in [7, 11) is 0. The van der Waals surface area contributed by atoms with E-state index in [1.165, 1.54) is 5.56 Å². The van der Waals surface area contributed by atoms with Crippen LogP contribution in [0.2, 0.25) is 5.15 Å². The summed E-state index contributed by atoms with van der Waals surface area (Å²) in [4.78, 5) is 4.54. The molecule has 0 saturated heterocycles. The molecule has 0 radical (unpaired) electrons. The van der Waals surface area contributed by atoms with Gasteiger partial charge in [-0.25, -0.2) is 9.50 Å². The fourth-order valence-electron chi connectivity index (χ4n) is 1.87. The zero-order valence-electron chi connectivity index (χ0n) is 9.26. The van der Waals surface area contributed by atoms with Gasteiger partial charge in [0.25, 0.3) is 0 Å². The summed E-state index contributed by atoms with van der Waals surface area (Å²) in [5.41, 5.74) is 3.91. The van der Waals surface area contributed by atoms with Gasteiger partial charge in [0, 0.05) is 17.7 Å². The van der Waals surface area contributed by atoms with Gasteiger partial charge >= 0.3 is 0 Å². The lowest BCUT2D eigenvalue weighted by molar-refractivity contribution is 0.941. The summed E-state index contributed by atoms with van der Waals surface area (Å²) >= 11 is 6.17. The first-order valence-corrected chi connectivity index (χ1v) is 5.70. The van der Waals surface area contributed by atoms with E-state index in [-0.39, 0.29) is 0 Å². The van der Waals surface area contributed by atoms with Crippen LogP contribution in [0.5, 0.6) is 0 Å². The molecule has 0 spiro atoms. The Morgan fingerprint density at radius 1 is 1.18 bits per heavy atom. The smallest absolute Gasteiger partial charge is 0.157 e. The lowest BCUT2D eigenvalue weighted by Crippen LogP contribution is -1.95. The van der Waals surface area contributed by atoms with Gasteiger partial charge in [0.1, 0.15) is 5.15 Å². The molecule has 3 aromatic rings. The van der Waals surface area contributed by atoms with Crippen LogP contribution in [-0.4, -0.2) is 14.6 Å². The summed E-state index contributed by atoms with van der Waals surface area (Å²) in [5, 5.41) is 4.67. The Morgan fingerprint density at radius 3 is 2.82 bits per heavy atom. The molecule has 17 heavy (non-hydrogen) atoms. The van der Waals surface area contributed by atoms with Crippen molar-refractivity contribution in [3.63, 3.8) is 0 Å². The fraction of sp³-hybridized carbons (Fsp3) is 0.0769. The predicted octanol–water partition coefficient (Wildman–Crippen LogP) is 3.36. The molecule has 84 valence electrons. The SMILES string of the molecule is Cc1ccccc1-c1cc(Cl)n2nccc2n1. The Balaban J connectivity index is 2.28. The Kier molecular flexibility index (Phi) is 2.34. The van der Waals surface area contributed by atoms with Crippen LogP contribution in [0.15, 0.2) is 42.6 Å². The summed E-state index contributed by atoms with van der Waals surface area (Å²) in [5.74, 6) is 0. The Morgan fingerprint density at radius 2 is 2.00 bits per heavy atom. The molecule has 0 amide bonds. The maximum absolute atomic E-state index is 6.17. The van der Waals surface area contributed by atoms with Crippen LogP contribution in [0.3, 0.4) is 0 Å². The topological polar surface area (TPSA) is 30.2 Å². The van der Waals surface area contributed by atoms with Crippen molar-refractivity contribution >= 4 is 17.2 Å². The molecule has 0 bridgehead atoms. The van der Waals surface area contributed by atoms with Gasteiger partial charge in [0.15, 0.2) is 5.65 Å². The van der Waals surface area contributed by atoms with Crippen molar-refractivity contribution in [2.24, 2.45) is 0 Å². The number of hydrogen-bond donors (Lipinski definition) is 0. The average molecular weight is 244 g/mol. The molecule has 0 N–H and O–H groups in total. The van der Waals surface area contributed by atoms with E-state index in [1.807, 2.05) is 30.3 Å². The molecule has 0 aliphatic carbocycles. The van der Waals surface area contributed by atoms with E-state index in [1.54, 1.807) is 10.7 Å². The quantitative estimate of drug-likeness (QED) is 0.614. The van der Waals surface area contributed by atoms with Crippen molar-refractivity contribution in [2.45, 2.75) is 6.92 Å². The van der Waals surface area contributed by atoms with Gasteiger partial charge in [-0.1, -0.05) is 35.9 Å². The number of benzene rings is 1. The van der Waals surface area contributed by atoms with Gasteiger partial charge in [0.05, 0.1) is 11.9 Å². The molecule has 0 fully saturated rings. The highest BCUT2D eigenvalue weighted by molar-refractivity contribution is 6.30. The van der Waals surface area contributed by atoms with Crippen molar-refractivity contribution in [3.8, 4) is 11.3 Å². The van der Waals surface area contributed by atoms with Crippen LogP contribution >= 0.6 is 11.6 Å². The third-order valence-corrected chi connectivity index (χ3v) is 3.01. The molecule has 0 aliphatic rings. The minimum Gasteiger partial charge on any atom is -0.228 e. The van der Waals surface area contributed by atoms with Crippen molar-refractivity contribution in [3.05, 3.63) is 53.3 Å². The monoisotopic (exact) mass is 243 g/mol. The largest absolute Gasteiger partial charge is 0.228 e. The van der Waals surface area contributed by atoms with Crippen molar-refractivity contribution in [2.75, 3.05) is 0 Å². The second kappa shape index (κ2) is 3.86. The molecule has 1 aromatic carbocycles. The first kappa shape index (κ1) is 10.3. The van der Waals surface area contributed by atoms with Crippen LogP contribution in [0.4, 0.5) is 0 Å². The molecule has 3 rings (SSSR count). The van der Waals surface area contributed by atoms with E-state index in [0.717, 1.165) is 16.9 Å². The van der Waals surface area contributed by atoms with E-state index in [2.05, 4.69) is 23.1 Å². The molecule has 0 aliphatic heterocycles. The minimum absolute atomic E-state index is 0.568. The molecule has 4 heteroatoms. The predicted molar refractivity (Wildman–Crippen MR) is 68.2 cm³/mol. The van der Waals surface area contributed by atoms with Crippen LogP contribution in [0.25, 0.3) is 16.9 Å². The van der Waals surface area contributed by atoms with E-state index in [4.69, 9.17) is 11.6 Å². The van der Waals surface area contributed by atoms with Crippen LogP contribution in [0.1, 0.15) is 5.56 Å². The van der Waals surface area contributed by atoms with Crippen LogP contribution in [-0.2, 0) is 0 Å². The zero-order valence-corrected chi connectivity index (χ0v) is 10.0. The highest BCUT2D eigenvalue weighted by atomic mass is 35.5. The number of nitrogens with zero attached hydrogens (tertiary/aromatic N) is 3. The Bertz CT molecular complexity index is 688. The van der Waals surface area contributed by atoms with Crippen molar-refractivity contribution < 1.29 is 0 Å². The van der Waals surface area contributed by atoms with Crippen LogP contribution < -0.4 is 0 Å². The maximum atomic E-state index is 6.17. The standard InChI is InChI=1S/C13H10ClN3/c1-9-4-2-3-5-10(9)11-8-12(14)17-13(16-11)6-7-15-17/h2-8H,1H3. The molecular weight excluding hydrogens is 234 g/mol. The Labute approximate surface area is 104 Å². The van der Waals surface area contributed by atoms with E-state index in [9.17, 15) is 0 Å². The van der Waals surface area contributed by atoms with E-state index < -0.39 is 0 Å². The number of aromatic nitrogens is 3. The molecule has 3 nitrogen and oxygen atoms in total.